The molecule has 1 N–H and O–H groups in total. The molecular formula is C39H35FN2O6S. The average molecular weight is 679 g/mol. The first-order valence-corrected chi connectivity index (χ1v) is 16.6. The average Bonchev–Trinajstić information content (AvgIpc) is 3.69. The van der Waals surface area contributed by atoms with Crippen molar-refractivity contribution < 1.29 is 32.9 Å². The summed E-state index contributed by atoms with van der Waals surface area (Å²) in [5, 5.41) is 2.48. The van der Waals surface area contributed by atoms with Gasteiger partial charge in [-0.05, 0) is 82.3 Å². The van der Waals surface area contributed by atoms with Crippen LogP contribution >= 0.6 is 12.1 Å². The zero-order chi connectivity index (χ0) is 34.1. The number of nitrogens with zero attached hydrogens (tertiary/aromatic N) is 1. The Bertz CT molecular complexity index is 2070. The van der Waals surface area contributed by atoms with E-state index in [2.05, 4.69) is 51.5 Å². The molecule has 0 fully saturated rings. The number of rotatable bonds is 11. The Morgan fingerprint density at radius 3 is 2.37 bits per heavy atom. The first kappa shape index (κ1) is 32.2. The van der Waals surface area contributed by atoms with Crippen LogP contribution < -0.4 is 28.0 Å². The second-order valence-electron chi connectivity index (χ2n) is 11.7. The van der Waals surface area contributed by atoms with Gasteiger partial charge in [0.2, 0.25) is 5.75 Å². The molecule has 8 nitrogen and oxygen atoms in total. The second kappa shape index (κ2) is 13.6. The van der Waals surface area contributed by atoms with Crippen molar-refractivity contribution in [1.29, 1.82) is 0 Å². The molecule has 2 aliphatic heterocycles. The van der Waals surface area contributed by atoms with Gasteiger partial charge in [-0.1, -0.05) is 48.5 Å². The van der Waals surface area contributed by atoms with Crippen molar-refractivity contribution in [2.45, 2.75) is 18.9 Å². The van der Waals surface area contributed by atoms with E-state index in [1.54, 1.807) is 26.4 Å². The van der Waals surface area contributed by atoms with Crippen LogP contribution in [-0.2, 0) is 22.4 Å². The zero-order valence-electron chi connectivity index (χ0n) is 27.5. The lowest BCUT2D eigenvalue weighted by Gasteiger charge is -2.18. The molecule has 0 saturated carbocycles. The predicted octanol–water partition coefficient (Wildman–Crippen LogP) is 8.35. The molecule has 2 heterocycles. The maximum absolute atomic E-state index is 15.5. The number of benzene rings is 5. The van der Waals surface area contributed by atoms with Gasteiger partial charge in [0.1, 0.15) is 11.6 Å². The summed E-state index contributed by atoms with van der Waals surface area (Å²) in [7, 11) is 6.11. The van der Waals surface area contributed by atoms with Crippen molar-refractivity contribution in [2.75, 3.05) is 44.0 Å². The molecule has 1 unspecified atom stereocenters. The van der Waals surface area contributed by atoms with Gasteiger partial charge >= 0.3 is 5.97 Å². The Balaban J connectivity index is 1.25. The smallest absolute Gasteiger partial charge is 0.339 e. The van der Waals surface area contributed by atoms with Crippen LogP contribution in [0.15, 0.2) is 96.6 Å². The number of halogens is 1. The van der Waals surface area contributed by atoms with Crippen molar-refractivity contribution >= 4 is 45.8 Å². The summed E-state index contributed by atoms with van der Waals surface area (Å²) in [4.78, 5) is 13.7. The van der Waals surface area contributed by atoms with E-state index >= 15 is 4.39 Å². The summed E-state index contributed by atoms with van der Waals surface area (Å²) < 4.78 is 49.0. The molecule has 0 aliphatic carbocycles. The summed E-state index contributed by atoms with van der Waals surface area (Å²) in [5.74, 6) is 0.702. The molecule has 0 spiro atoms. The van der Waals surface area contributed by atoms with Crippen LogP contribution in [0, 0.1) is 5.82 Å². The fraction of sp³-hybridized carbons (Fsp3) is 0.205. The van der Waals surface area contributed by atoms with Crippen molar-refractivity contribution in [2.24, 2.45) is 0 Å². The van der Waals surface area contributed by atoms with Gasteiger partial charge in [0.25, 0.3) is 0 Å². The normalized spacial score (nSPS) is 15.2. The summed E-state index contributed by atoms with van der Waals surface area (Å²) in [6.45, 7) is 0.786. The first-order valence-electron chi connectivity index (χ1n) is 15.8. The third kappa shape index (κ3) is 6.08. The van der Waals surface area contributed by atoms with Crippen LogP contribution in [0.2, 0.25) is 0 Å². The number of carbonyl (C=O) groups excluding carboxylic acids is 1. The van der Waals surface area contributed by atoms with E-state index in [9.17, 15) is 4.79 Å². The fourth-order valence-corrected chi connectivity index (χ4v) is 7.39. The van der Waals surface area contributed by atoms with E-state index in [1.165, 1.54) is 48.8 Å². The van der Waals surface area contributed by atoms with Crippen molar-refractivity contribution in [1.82, 2.24) is 0 Å². The Kier molecular flexibility index (Phi) is 8.97. The summed E-state index contributed by atoms with van der Waals surface area (Å²) in [6.07, 6.45) is 0.160. The predicted molar refractivity (Wildman–Crippen MR) is 191 cm³/mol. The van der Waals surface area contributed by atoms with Crippen LogP contribution in [0.25, 0.3) is 16.3 Å². The number of fused-ring (bicyclic) bond motifs is 2. The molecule has 5 aromatic rings. The van der Waals surface area contributed by atoms with Gasteiger partial charge in [-0.2, -0.15) is 0 Å². The molecule has 250 valence electrons. The molecule has 7 rings (SSSR count). The minimum Gasteiger partial charge on any atom is -0.497 e. The minimum absolute atomic E-state index is 0.237. The number of methoxy groups -OCH3 is 4. The van der Waals surface area contributed by atoms with Gasteiger partial charge in [-0.15, -0.1) is 0 Å². The lowest BCUT2D eigenvalue weighted by atomic mass is 9.90. The number of carbonyl (C=O) groups is 1. The largest absolute Gasteiger partial charge is 0.497 e. The quantitative estimate of drug-likeness (QED) is 0.110. The minimum atomic E-state index is -0.958. The van der Waals surface area contributed by atoms with E-state index < -0.39 is 17.9 Å². The van der Waals surface area contributed by atoms with E-state index in [4.69, 9.17) is 23.7 Å². The van der Waals surface area contributed by atoms with Gasteiger partial charge in [-0.3, -0.25) is 4.31 Å². The van der Waals surface area contributed by atoms with Gasteiger partial charge in [-0.25, -0.2) is 9.18 Å². The van der Waals surface area contributed by atoms with Crippen molar-refractivity contribution in [3.8, 4) is 23.0 Å². The molecule has 0 radical (unpaired) electrons. The molecule has 0 amide bonds. The highest BCUT2D eigenvalue weighted by molar-refractivity contribution is 8.02. The van der Waals surface area contributed by atoms with Crippen molar-refractivity contribution in [3.05, 3.63) is 125 Å². The van der Waals surface area contributed by atoms with E-state index in [0.29, 0.717) is 39.7 Å². The van der Waals surface area contributed by atoms with Crippen LogP contribution in [0.1, 0.15) is 28.4 Å². The number of ether oxygens (including phenoxy) is 5. The Hall–Kier alpha value is -5.35. The van der Waals surface area contributed by atoms with Gasteiger partial charge in [0, 0.05) is 18.2 Å². The monoisotopic (exact) mass is 678 g/mol. The SMILES string of the molecule is COc1ccc(C2OC(=O)C(c3ccc4c(c3)NSN4CCc3cccc4ccccc34)=C2Cc2cc(OC)c(OC)c(OC)c2)c(F)c1. The zero-order valence-corrected chi connectivity index (χ0v) is 28.4. The molecular weight excluding hydrogens is 644 g/mol. The number of anilines is 2. The van der Waals surface area contributed by atoms with E-state index in [0.717, 1.165) is 29.9 Å². The number of hydrogen-bond donors (Lipinski definition) is 1. The number of esters is 1. The lowest BCUT2D eigenvalue weighted by Crippen LogP contribution is -2.15. The standard InChI is InChI=1S/C39H35FN2O6S/c1-44-27-13-14-29(31(40)22-27)37-30(18-23-19-34(45-2)38(47-4)35(20-23)46-3)36(39(43)48-37)26-12-15-33-32(21-26)41-49-42(33)17-16-25-10-7-9-24-8-5-6-11-28(24)25/h5-15,19-22,37,41H,16-18H2,1-4H3. The van der Waals surface area contributed by atoms with Crippen LogP contribution in [-0.4, -0.2) is 41.0 Å². The maximum atomic E-state index is 15.5. The highest BCUT2D eigenvalue weighted by Crippen LogP contribution is 2.47. The van der Waals surface area contributed by atoms with E-state index in [-0.39, 0.29) is 12.0 Å². The number of cyclic esters (lactones) is 1. The number of nitrogens with one attached hydrogen (secondary N) is 1. The van der Waals surface area contributed by atoms with Crippen LogP contribution in [0.4, 0.5) is 15.8 Å². The highest BCUT2D eigenvalue weighted by atomic mass is 32.2. The Morgan fingerprint density at radius 1 is 0.857 bits per heavy atom. The van der Waals surface area contributed by atoms with Gasteiger partial charge in [0.05, 0.1) is 57.5 Å². The first-order chi connectivity index (χ1) is 23.9. The fourth-order valence-electron chi connectivity index (χ4n) is 6.58. The second-order valence-corrected chi connectivity index (χ2v) is 12.5. The third-order valence-electron chi connectivity index (χ3n) is 8.96. The molecule has 49 heavy (non-hydrogen) atoms. The molecule has 10 heteroatoms. The molecule has 2 aliphatic rings. The maximum Gasteiger partial charge on any atom is 0.339 e. The van der Waals surface area contributed by atoms with Gasteiger partial charge < -0.3 is 28.4 Å². The topological polar surface area (TPSA) is 78.5 Å². The Morgan fingerprint density at radius 2 is 1.63 bits per heavy atom. The molecule has 5 aromatic carbocycles. The highest BCUT2D eigenvalue weighted by Gasteiger charge is 2.38. The van der Waals surface area contributed by atoms with Gasteiger partial charge in [0.15, 0.2) is 17.6 Å². The van der Waals surface area contributed by atoms with E-state index in [1.807, 2.05) is 30.3 Å². The molecule has 1 atom stereocenters. The summed E-state index contributed by atoms with van der Waals surface area (Å²) >= 11 is 1.52. The van der Waals surface area contributed by atoms with Crippen molar-refractivity contribution in [3.63, 3.8) is 0 Å². The third-order valence-corrected chi connectivity index (χ3v) is 9.87. The van der Waals surface area contributed by atoms with Crippen LogP contribution in [0.3, 0.4) is 0 Å². The summed E-state index contributed by atoms with van der Waals surface area (Å²) in [6, 6.07) is 28.9. The molecule has 0 bridgehead atoms. The lowest BCUT2D eigenvalue weighted by molar-refractivity contribution is -0.138. The Labute approximate surface area is 288 Å². The number of hydrogen-bond acceptors (Lipinski definition) is 9. The molecule has 0 aromatic heterocycles. The molecule has 0 saturated heterocycles. The summed E-state index contributed by atoms with van der Waals surface area (Å²) in [5.41, 5.74) is 5.87. The van der Waals surface area contributed by atoms with Crippen LogP contribution in [0.5, 0.6) is 23.0 Å².